The van der Waals surface area contributed by atoms with E-state index in [1.54, 1.807) is 0 Å². The molecule has 1 aliphatic rings. The average Bonchev–Trinajstić information content (AvgIpc) is 2.42. The fraction of sp³-hybridized carbons (Fsp3) is 0.933. The normalized spacial score (nSPS) is 18.1. The molecule has 18 heavy (non-hydrogen) atoms. The van der Waals surface area contributed by atoms with E-state index in [1.165, 1.54) is 45.1 Å². The van der Waals surface area contributed by atoms with Crippen molar-refractivity contribution in [2.24, 2.45) is 5.92 Å². The number of nitrogens with one attached hydrogen (secondary N) is 1. The molecule has 0 spiro atoms. The van der Waals surface area contributed by atoms with E-state index in [-0.39, 0.29) is 0 Å². The molecular formula is C15H30N2O. The Morgan fingerprint density at radius 2 is 1.67 bits per heavy atom. The van der Waals surface area contributed by atoms with Crippen LogP contribution in [0.25, 0.3) is 0 Å². The number of hydrogen-bond donors (Lipinski definition) is 1. The number of carbonyl (C=O) groups excluding carboxylic acids is 1. The van der Waals surface area contributed by atoms with Gasteiger partial charge in [-0.05, 0) is 58.9 Å². The van der Waals surface area contributed by atoms with Crippen molar-refractivity contribution in [3.8, 4) is 0 Å². The Bertz CT molecular complexity index is 201. The second-order valence-corrected chi connectivity index (χ2v) is 5.54. The van der Waals surface area contributed by atoms with E-state index in [9.17, 15) is 4.79 Å². The van der Waals surface area contributed by atoms with Gasteiger partial charge in [0.25, 0.3) is 0 Å². The number of nitrogens with zero attached hydrogens (tertiary/aromatic N) is 1. The minimum absolute atomic E-state index is 0.341. The summed E-state index contributed by atoms with van der Waals surface area (Å²) in [5.41, 5.74) is 0. The number of hydrogen-bond acceptors (Lipinski definition) is 3. The van der Waals surface area contributed by atoms with E-state index in [1.807, 2.05) is 7.05 Å². The Morgan fingerprint density at radius 3 is 2.28 bits per heavy atom. The summed E-state index contributed by atoms with van der Waals surface area (Å²) in [6.45, 7) is 4.66. The minimum Gasteiger partial charge on any atom is -0.320 e. The predicted octanol–water partition coefficient (Wildman–Crippen LogP) is 2.46. The summed E-state index contributed by atoms with van der Waals surface area (Å²) >= 11 is 0. The Labute approximate surface area is 112 Å². The highest BCUT2D eigenvalue weighted by Gasteiger charge is 2.17. The van der Waals surface area contributed by atoms with Gasteiger partial charge in [-0.25, -0.2) is 0 Å². The molecule has 1 fully saturated rings. The van der Waals surface area contributed by atoms with Crippen LogP contribution in [0, 0.1) is 5.92 Å². The molecule has 1 aliphatic heterocycles. The molecular weight excluding hydrogens is 224 g/mol. The standard InChI is InChI=1S/C15H30N2O/c1-16-10-6-4-2-3-5-7-11-17-12-8-15(14-18)9-13-17/h14-16H,2-13H2,1H3. The number of carbonyl (C=O) groups is 1. The molecule has 0 unspecified atom stereocenters. The van der Waals surface area contributed by atoms with Gasteiger partial charge in [0.05, 0.1) is 0 Å². The quantitative estimate of drug-likeness (QED) is 0.480. The van der Waals surface area contributed by atoms with Crippen LogP contribution in [0.4, 0.5) is 0 Å². The molecule has 0 amide bonds. The van der Waals surface area contributed by atoms with E-state index in [4.69, 9.17) is 0 Å². The third-order valence-electron chi connectivity index (χ3n) is 3.98. The smallest absolute Gasteiger partial charge is 0.123 e. The lowest BCUT2D eigenvalue weighted by Crippen LogP contribution is -2.34. The number of aldehydes is 1. The molecule has 1 rings (SSSR count). The third kappa shape index (κ3) is 7.12. The maximum Gasteiger partial charge on any atom is 0.123 e. The molecule has 0 saturated carbocycles. The molecule has 106 valence electrons. The van der Waals surface area contributed by atoms with Crippen molar-refractivity contribution >= 4 is 6.29 Å². The maximum absolute atomic E-state index is 10.7. The van der Waals surface area contributed by atoms with Crippen LogP contribution in [0.5, 0.6) is 0 Å². The molecule has 3 heteroatoms. The predicted molar refractivity (Wildman–Crippen MR) is 76.9 cm³/mol. The van der Waals surface area contributed by atoms with Gasteiger partial charge in [-0.2, -0.15) is 0 Å². The second kappa shape index (κ2) is 10.5. The van der Waals surface area contributed by atoms with Crippen LogP contribution in [0.1, 0.15) is 51.4 Å². The maximum atomic E-state index is 10.7. The monoisotopic (exact) mass is 254 g/mol. The van der Waals surface area contributed by atoms with E-state index in [2.05, 4.69) is 10.2 Å². The zero-order valence-electron chi connectivity index (χ0n) is 12.0. The van der Waals surface area contributed by atoms with E-state index >= 15 is 0 Å². The highest BCUT2D eigenvalue weighted by molar-refractivity contribution is 5.53. The van der Waals surface area contributed by atoms with Crippen LogP contribution >= 0.6 is 0 Å². The molecule has 0 aromatic carbocycles. The van der Waals surface area contributed by atoms with Crippen LogP contribution < -0.4 is 5.32 Å². The summed E-state index contributed by atoms with van der Waals surface area (Å²) in [4.78, 5) is 13.2. The second-order valence-electron chi connectivity index (χ2n) is 5.54. The summed E-state index contributed by atoms with van der Waals surface area (Å²) < 4.78 is 0. The van der Waals surface area contributed by atoms with Crippen molar-refractivity contribution in [1.82, 2.24) is 10.2 Å². The average molecular weight is 254 g/mol. The topological polar surface area (TPSA) is 32.3 Å². The van der Waals surface area contributed by atoms with Crippen molar-refractivity contribution in [2.45, 2.75) is 51.4 Å². The summed E-state index contributed by atoms with van der Waals surface area (Å²) in [5.74, 6) is 0.341. The lowest BCUT2D eigenvalue weighted by molar-refractivity contribution is -0.112. The van der Waals surface area contributed by atoms with Gasteiger partial charge in [-0.15, -0.1) is 0 Å². The summed E-state index contributed by atoms with van der Waals surface area (Å²) in [6, 6.07) is 0. The summed E-state index contributed by atoms with van der Waals surface area (Å²) in [6.07, 6.45) is 11.4. The fourth-order valence-electron chi connectivity index (χ4n) is 2.66. The molecule has 0 bridgehead atoms. The largest absolute Gasteiger partial charge is 0.320 e. The van der Waals surface area contributed by atoms with Gasteiger partial charge in [0.15, 0.2) is 0 Å². The van der Waals surface area contributed by atoms with E-state index in [0.717, 1.165) is 38.8 Å². The molecule has 0 atom stereocenters. The molecule has 1 heterocycles. The molecule has 0 radical (unpaired) electrons. The van der Waals surface area contributed by atoms with E-state index < -0.39 is 0 Å². The van der Waals surface area contributed by atoms with Gasteiger partial charge >= 0.3 is 0 Å². The zero-order chi connectivity index (χ0) is 13.1. The molecule has 0 aromatic rings. The molecule has 0 aromatic heterocycles. The fourth-order valence-corrected chi connectivity index (χ4v) is 2.66. The van der Waals surface area contributed by atoms with Crippen LogP contribution in [-0.2, 0) is 4.79 Å². The number of rotatable bonds is 10. The van der Waals surface area contributed by atoms with Gasteiger partial charge < -0.3 is 15.0 Å². The molecule has 3 nitrogen and oxygen atoms in total. The SMILES string of the molecule is CNCCCCCCCCN1CCC(C=O)CC1. The Balaban J connectivity index is 1.85. The third-order valence-corrected chi connectivity index (χ3v) is 3.98. The molecule has 1 saturated heterocycles. The summed E-state index contributed by atoms with van der Waals surface area (Å²) in [5, 5.41) is 3.19. The van der Waals surface area contributed by atoms with Crippen molar-refractivity contribution in [3.63, 3.8) is 0 Å². The van der Waals surface area contributed by atoms with Gasteiger partial charge in [0.1, 0.15) is 6.29 Å². The highest BCUT2D eigenvalue weighted by Crippen LogP contribution is 2.15. The van der Waals surface area contributed by atoms with Gasteiger partial charge in [-0.3, -0.25) is 0 Å². The van der Waals surface area contributed by atoms with Crippen LogP contribution in [0.3, 0.4) is 0 Å². The highest BCUT2D eigenvalue weighted by atomic mass is 16.1. The van der Waals surface area contributed by atoms with Gasteiger partial charge in [0, 0.05) is 5.92 Å². The minimum atomic E-state index is 0.341. The Kier molecular flexibility index (Phi) is 9.13. The molecule has 0 aliphatic carbocycles. The van der Waals surface area contributed by atoms with Crippen molar-refractivity contribution in [1.29, 1.82) is 0 Å². The first-order valence-electron chi connectivity index (χ1n) is 7.69. The lowest BCUT2D eigenvalue weighted by Gasteiger charge is -2.29. The van der Waals surface area contributed by atoms with Crippen molar-refractivity contribution in [3.05, 3.63) is 0 Å². The van der Waals surface area contributed by atoms with Gasteiger partial charge in [-0.1, -0.05) is 25.7 Å². The van der Waals surface area contributed by atoms with Crippen LogP contribution in [0.15, 0.2) is 0 Å². The van der Waals surface area contributed by atoms with E-state index in [0.29, 0.717) is 5.92 Å². The first-order chi connectivity index (χ1) is 8.86. The first-order valence-corrected chi connectivity index (χ1v) is 7.69. The number of unbranched alkanes of at least 4 members (excludes halogenated alkanes) is 5. The number of likely N-dealkylation sites (tertiary alicyclic amines) is 1. The lowest BCUT2D eigenvalue weighted by atomic mass is 9.98. The van der Waals surface area contributed by atoms with Crippen molar-refractivity contribution in [2.75, 3.05) is 33.2 Å². The summed E-state index contributed by atoms with van der Waals surface area (Å²) in [7, 11) is 2.02. The Morgan fingerprint density at radius 1 is 1.06 bits per heavy atom. The van der Waals surface area contributed by atoms with Gasteiger partial charge in [0.2, 0.25) is 0 Å². The zero-order valence-corrected chi connectivity index (χ0v) is 12.0. The number of piperidine rings is 1. The van der Waals surface area contributed by atoms with Crippen molar-refractivity contribution < 1.29 is 4.79 Å². The Hall–Kier alpha value is -0.410. The van der Waals surface area contributed by atoms with Crippen LogP contribution in [-0.4, -0.2) is 44.4 Å². The van der Waals surface area contributed by atoms with Crippen LogP contribution in [0.2, 0.25) is 0 Å². The molecule has 1 N–H and O–H groups in total. The first kappa shape index (κ1) is 15.6.